The van der Waals surface area contributed by atoms with Crippen LogP contribution in [0.4, 0.5) is 0 Å². The second kappa shape index (κ2) is 7.49. The lowest BCUT2D eigenvalue weighted by molar-refractivity contribution is 0.101. The molecular weight excluding hydrogens is 352 g/mol. The standard InChI is InChI=1S/C20H20O7/c1-22-12-9-13(23-2)18-14(10-12)27-15(19(18)21)6-11-7-16(24-3)20(26-5)17(8-11)25-4/h6-10H,1-5H3/b15-6+. The first-order chi connectivity index (χ1) is 13.1. The molecule has 2 aromatic carbocycles. The van der Waals surface area contributed by atoms with E-state index in [0.717, 1.165) is 0 Å². The predicted octanol–water partition coefficient (Wildman–Crippen LogP) is 3.35. The van der Waals surface area contributed by atoms with Gasteiger partial charge in [-0.25, -0.2) is 0 Å². The van der Waals surface area contributed by atoms with Crippen molar-refractivity contribution in [1.82, 2.24) is 0 Å². The molecule has 2 aromatic rings. The molecule has 0 saturated heterocycles. The van der Waals surface area contributed by atoms with E-state index >= 15 is 0 Å². The smallest absolute Gasteiger partial charge is 0.235 e. The fraction of sp³-hybridized carbons (Fsp3) is 0.250. The van der Waals surface area contributed by atoms with Gasteiger partial charge in [-0.15, -0.1) is 0 Å². The third kappa shape index (κ3) is 3.23. The lowest BCUT2D eigenvalue weighted by Gasteiger charge is -2.13. The molecule has 27 heavy (non-hydrogen) atoms. The number of fused-ring (bicyclic) bond motifs is 1. The third-order valence-corrected chi connectivity index (χ3v) is 4.15. The Balaban J connectivity index is 2.05. The summed E-state index contributed by atoms with van der Waals surface area (Å²) in [7, 11) is 7.60. The van der Waals surface area contributed by atoms with Crippen molar-refractivity contribution in [2.45, 2.75) is 0 Å². The number of benzene rings is 2. The highest BCUT2D eigenvalue weighted by Crippen LogP contribution is 2.43. The highest BCUT2D eigenvalue weighted by Gasteiger charge is 2.32. The van der Waals surface area contributed by atoms with Crippen molar-refractivity contribution in [3.63, 3.8) is 0 Å². The molecule has 0 N–H and O–H groups in total. The van der Waals surface area contributed by atoms with Gasteiger partial charge < -0.3 is 28.4 Å². The average molecular weight is 372 g/mol. The van der Waals surface area contributed by atoms with Crippen molar-refractivity contribution >= 4 is 11.9 Å². The number of carbonyl (C=O) groups excluding carboxylic acids is 1. The fourth-order valence-electron chi connectivity index (χ4n) is 2.87. The molecule has 3 rings (SSSR count). The first-order valence-corrected chi connectivity index (χ1v) is 8.06. The van der Waals surface area contributed by atoms with Crippen molar-refractivity contribution in [2.24, 2.45) is 0 Å². The Morgan fingerprint density at radius 1 is 0.778 bits per heavy atom. The second-order valence-corrected chi connectivity index (χ2v) is 5.60. The summed E-state index contributed by atoms with van der Waals surface area (Å²) in [6, 6.07) is 6.74. The largest absolute Gasteiger partial charge is 0.496 e. The Labute approximate surface area is 157 Å². The molecule has 0 bridgehead atoms. The van der Waals surface area contributed by atoms with E-state index in [0.29, 0.717) is 45.6 Å². The van der Waals surface area contributed by atoms with Gasteiger partial charge in [-0.1, -0.05) is 0 Å². The van der Waals surface area contributed by atoms with Crippen LogP contribution in [0.25, 0.3) is 6.08 Å². The maximum Gasteiger partial charge on any atom is 0.235 e. The van der Waals surface area contributed by atoms with Gasteiger partial charge in [-0.3, -0.25) is 4.79 Å². The van der Waals surface area contributed by atoms with Gasteiger partial charge in [0.05, 0.1) is 35.5 Å². The van der Waals surface area contributed by atoms with Crippen LogP contribution < -0.4 is 28.4 Å². The summed E-state index contributed by atoms with van der Waals surface area (Å²) in [5.41, 5.74) is 1.02. The first kappa shape index (κ1) is 18.4. The summed E-state index contributed by atoms with van der Waals surface area (Å²) in [6.07, 6.45) is 1.61. The Kier molecular flexibility index (Phi) is 5.12. The number of methoxy groups -OCH3 is 5. The third-order valence-electron chi connectivity index (χ3n) is 4.15. The molecular formula is C20H20O7. The number of Topliss-reactive ketones (excluding diaryl/α,β-unsaturated/α-hetero) is 1. The van der Waals surface area contributed by atoms with Crippen LogP contribution in [0.3, 0.4) is 0 Å². The first-order valence-electron chi connectivity index (χ1n) is 8.06. The van der Waals surface area contributed by atoms with E-state index in [1.165, 1.54) is 35.5 Å². The highest BCUT2D eigenvalue weighted by molar-refractivity contribution is 6.16. The van der Waals surface area contributed by atoms with E-state index in [1.807, 2.05) is 0 Å². The van der Waals surface area contributed by atoms with Crippen LogP contribution in [0.15, 0.2) is 30.0 Å². The molecule has 142 valence electrons. The van der Waals surface area contributed by atoms with E-state index in [1.54, 1.807) is 30.3 Å². The van der Waals surface area contributed by atoms with Crippen molar-refractivity contribution in [2.75, 3.05) is 35.5 Å². The molecule has 0 spiro atoms. The Morgan fingerprint density at radius 3 is 1.93 bits per heavy atom. The van der Waals surface area contributed by atoms with Gasteiger partial charge >= 0.3 is 0 Å². The van der Waals surface area contributed by atoms with Crippen molar-refractivity contribution in [1.29, 1.82) is 0 Å². The quantitative estimate of drug-likeness (QED) is 0.720. The van der Waals surface area contributed by atoms with Crippen LogP contribution in [0, 0.1) is 0 Å². The van der Waals surface area contributed by atoms with Crippen LogP contribution in [-0.2, 0) is 0 Å². The minimum atomic E-state index is -0.279. The minimum absolute atomic E-state index is 0.158. The molecule has 0 aliphatic carbocycles. The molecule has 7 heteroatoms. The van der Waals surface area contributed by atoms with Gasteiger partial charge in [0, 0.05) is 12.1 Å². The zero-order valence-electron chi connectivity index (χ0n) is 15.7. The number of carbonyl (C=O) groups is 1. The summed E-state index contributed by atoms with van der Waals surface area (Å²) >= 11 is 0. The molecule has 0 aromatic heterocycles. The van der Waals surface area contributed by atoms with Gasteiger partial charge in [0.25, 0.3) is 0 Å². The van der Waals surface area contributed by atoms with E-state index in [2.05, 4.69) is 0 Å². The van der Waals surface area contributed by atoms with Gasteiger partial charge in [0.15, 0.2) is 17.3 Å². The highest BCUT2D eigenvalue weighted by atomic mass is 16.5. The van der Waals surface area contributed by atoms with Gasteiger partial charge in [-0.2, -0.15) is 0 Å². The molecule has 0 unspecified atom stereocenters. The van der Waals surface area contributed by atoms with E-state index in [4.69, 9.17) is 28.4 Å². The van der Waals surface area contributed by atoms with Gasteiger partial charge in [0.2, 0.25) is 11.5 Å². The molecule has 7 nitrogen and oxygen atoms in total. The number of allylic oxidation sites excluding steroid dienone is 1. The summed E-state index contributed by atoms with van der Waals surface area (Å²) in [4.78, 5) is 12.8. The zero-order valence-corrected chi connectivity index (χ0v) is 15.7. The number of hydrogen-bond donors (Lipinski definition) is 0. The number of hydrogen-bond acceptors (Lipinski definition) is 7. The fourth-order valence-corrected chi connectivity index (χ4v) is 2.87. The monoisotopic (exact) mass is 372 g/mol. The predicted molar refractivity (Wildman–Crippen MR) is 98.6 cm³/mol. The van der Waals surface area contributed by atoms with Crippen molar-refractivity contribution < 1.29 is 33.2 Å². The Hall–Kier alpha value is -3.35. The second-order valence-electron chi connectivity index (χ2n) is 5.60. The summed E-state index contributed by atoms with van der Waals surface area (Å²) in [5.74, 6) is 2.61. The molecule has 0 amide bonds. The van der Waals surface area contributed by atoms with Crippen LogP contribution in [0.2, 0.25) is 0 Å². The van der Waals surface area contributed by atoms with Crippen LogP contribution in [0.5, 0.6) is 34.5 Å². The lowest BCUT2D eigenvalue weighted by Crippen LogP contribution is -2.01. The van der Waals surface area contributed by atoms with E-state index in [9.17, 15) is 4.79 Å². The summed E-state index contributed by atoms with van der Waals surface area (Å²) < 4.78 is 32.3. The van der Waals surface area contributed by atoms with Crippen molar-refractivity contribution in [3.05, 3.63) is 41.2 Å². The van der Waals surface area contributed by atoms with E-state index < -0.39 is 0 Å². The zero-order chi connectivity index (χ0) is 19.6. The lowest BCUT2D eigenvalue weighted by atomic mass is 10.1. The molecule has 0 fully saturated rings. The normalized spacial score (nSPS) is 13.8. The molecule has 0 saturated carbocycles. The maximum absolute atomic E-state index is 12.8. The van der Waals surface area contributed by atoms with Crippen molar-refractivity contribution in [3.8, 4) is 34.5 Å². The number of rotatable bonds is 6. The minimum Gasteiger partial charge on any atom is -0.496 e. The van der Waals surface area contributed by atoms with Gasteiger partial charge in [-0.05, 0) is 23.8 Å². The average Bonchev–Trinajstić information content (AvgIpc) is 3.01. The van der Waals surface area contributed by atoms with Gasteiger partial charge in [0.1, 0.15) is 22.8 Å². The molecule has 1 heterocycles. The molecule has 1 aliphatic heterocycles. The maximum atomic E-state index is 12.8. The Morgan fingerprint density at radius 2 is 1.41 bits per heavy atom. The van der Waals surface area contributed by atoms with Crippen LogP contribution in [-0.4, -0.2) is 41.3 Å². The summed E-state index contributed by atoms with van der Waals surface area (Å²) in [5, 5.41) is 0. The number of ether oxygens (including phenoxy) is 6. The number of ketones is 1. The Bertz CT molecular complexity index is 890. The molecule has 0 atom stereocenters. The summed E-state index contributed by atoms with van der Waals surface area (Å²) in [6.45, 7) is 0. The SMILES string of the molecule is COc1cc(OC)c2c(c1)O/C(=C/c1cc(OC)c(OC)c(OC)c1)C2=O. The molecule has 1 aliphatic rings. The van der Waals surface area contributed by atoms with Crippen LogP contribution >= 0.6 is 0 Å². The van der Waals surface area contributed by atoms with E-state index in [-0.39, 0.29) is 11.5 Å². The molecule has 0 radical (unpaired) electrons. The van der Waals surface area contributed by atoms with Crippen LogP contribution in [0.1, 0.15) is 15.9 Å². The topological polar surface area (TPSA) is 72.5 Å².